The molecule has 0 aliphatic carbocycles. The van der Waals surface area contributed by atoms with Gasteiger partial charge in [0.15, 0.2) is 0 Å². The van der Waals surface area contributed by atoms with Crippen LogP contribution in [0.5, 0.6) is 0 Å². The van der Waals surface area contributed by atoms with Crippen molar-refractivity contribution in [2.75, 3.05) is 0 Å². The number of hydrogen-bond donors (Lipinski definition) is 1. The van der Waals surface area contributed by atoms with Gasteiger partial charge in [-0.2, -0.15) is 5.10 Å². The fraction of sp³-hybridized carbons (Fsp3) is 0.167. The lowest BCUT2D eigenvalue weighted by molar-refractivity contribution is 0.0683. The smallest absolute Gasteiger partial charge is 0.339 e. The molecule has 0 aliphatic rings. The van der Waals surface area contributed by atoms with Gasteiger partial charge in [0.1, 0.15) is 17.1 Å². The summed E-state index contributed by atoms with van der Waals surface area (Å²) in [6.45, 7) is 1.52. The second-order valence-corrected chi connectivity index (χ2v) is 3.89. The van der Waals surface area contributed by atoms with Crippen LogP contribution in [0.25, 0.3) is 5.69 Å². The number of carboxylic acid groups (broad SMARTS) is 1. The normalized spacial score (nSPS) is 11.0. The Morgan fingerprint density at radius 1 is 1.42 bits per heavy atom. The predicted octanol–water partition coefficient (Wildman–Crippen LogP) is 2.96. The van der Waals surface area contributed by atoms with Gasteiger partial charge in [-0.25, -0.2) is 22.6 Å². The van der Waals surface area contributed by atoms with Crippen LogP contribution in [0.4, 0.5) is 13.2 Å². The summed E-state index contributed by atoms with van der Waals surface area (Å²) in [5.41, 5.74) is -0.702. The highest BCUT2D eigenvalue weighted by atomic mass is 19.3. The van der Waals surface area contributed by atoms with Gasteiger partial charge in [0, 0.05) is 0 Å². The van der Waals surface area contributed by atoms with Gasteiger partial charge < -0.3 is 5.11 Å². The van der Waals surface area contributed by atoms with Gasteiger partial charge in [-0.1, -0.05) is 0 Å². The number of hydrogen-bond acceptors (Lipinski definition) is 2. The molecule has 2 aromatic rings. The van der Waals surface area contributed by atoms with Crippen molar-refractivity contribution in [2.45, 2.75) is 13.3 Å². The Kier molecular flexibility index (Phi) is 3.28. The number of halogens is 3. The van der Waals surface area contributed by atoms with Crippen LogP contribution in [0.2, 0.25) is 0 Å². The van der Waals surface area contributed by atoms with Crippen LogP contribution in [-0.4, -0.2) is 20.9 Å². The zero-order chi connectivity index (χ0) is 14.2. The first kappa shape index (κ1) is 13.1. The highest BCUT2D eigenvalue weighted by molar-refractivity contribution is 5.89. The van der Waals surface area contributed by atoms with Gasteiger partial charge in [0.05, 0.1) is 11.9 Å². The van der Waals surface area contributed by atoms with Gasteiger partial charge in [0.2, 0.25) is 0 Å². The number of benzene rings is 1. The van der Waals surface area contributed by atoms with E-state index in [4.69, 9.17) is 5.11 Å². The Hall–Kier alpha value is -2.31. The van der Waals surface area contributed by atoms with Crippen molar-refractivity contribution in [3.8, 4) is 5.69 Å². The molecule has 0 atom stereocenters. The summed E-state index contributed by atoms with van der Waals surface area (Å²) in [5.74, 6) is -1.99. The van der Waals surface area contributed by atoms with E-state index >= 15 is 0 Å². The fourth-order valence-electron chi connectivity index (χ4n) is 1.78. The third-order valence-corrected chi connectivity index (χ3v) is 2.63. The Bertz CT molecular complexity index is 638. The predicted molar refractivity (Wildman–Crippen MR) is 60.2 cm³/mol. The van der Waals surface area contributed by atoms with E-state index in [9.17, 15) is 18.0 Å². The van der Waals surface area contributed by atoms with Crippen molar-refractivity contribution in [3.63, 3.8) is 0 Å². The number of aromatic carboxylic acids is 1. The lowest BCUT2D eigenvalue weighted by atomic mass is 10.2. The van der Waals surface area contributed by atoms with Crippen molar-refractivity contribution in [1.82, 2.24) is 9.78 Å². The molecule has 1 aromatic heterocycles. The summed E-state index contributed by atoms with van der Waals surface area (Å²) in [7, 11) is 0. The SMILES string of the molecule is Cc1cc(F)ccc1-n1ncc(C(=O)O)c1C(F)F. The van der Waals surface area contributed by atoms with E-state index in [-0.39, 0.29) is 5.69 Å². The molecule has 7 heteroatoms. The molecule has 4 nitrogen and oxygen atoms in total. The molecule has 0 bridgehead atoms. The number of aryl methyl sites for hydroxylation is 1. The van der Waals surface area contributed by atoms with E-state index in [1.165, 1.54) is 13.0 Å². The molecule has 2 rings (SSSR count). The fourth-order valence-corrected chi connectivity index (χ4v) is 1.78. The molecule has 0 amide bonds. The molecule has 0 fully saturated rings. The van der Waals surface area contributed by atoms with Crippen molar-refractivity contribution in [1.29, 1.82) is 0 Å². The highest BCUT2D eigenvalue weighted by Crippen LogP contribution is 2.27. The zero-order valence-corrected chi connectivity index (χ0v) is 9.77. The van der Waals surface area contributed by atoms with Crippen LogP contribution in [0.15, 0.2) is 24.4 Å². The number of alkyl halides is 2. The van der Waals surface area contributed by atoms with E-state index < -0.39 is 29.5 Å². The highest BCUT2D eigenvalue weighted by Gasteiger charge is 2.25. The van der Waals surface area contributed by atoms with Crippen molar-refractivity contribution in [2.24, 2.45) is 0 Å². The van der Waals surface area contributed by atoms with E-state index in [0.717, 1.165) is 23.0 Å². The molecule has 0 radical (unpaired) electrons. The van der Waals surface area contributed by atoms with Crippen molar-refractivity contribution in [3.05, 3.63) is 47.0 Å². The van der Waals surface area contributed by atoms with Crippen LogP contribution in [0.1, 0.15) is 28.0 Å². The largest absolute Gasteiger partial charge is 0.478 e. The third-order valence-electron chi connectivity index (χ3n) is 2.63. The van der Waals surface area contributed by atoms with Crippen LogP contribution in [-0.2, 0) is 0 Å². The van der Waals surface area contributed by atoms with Gasteiger partial charge >= 0.3 is 5.97 Å². The topological polar surface area (TPSA) is 55.1 Å². The second kappa shape index (κ2) is 4.75. The lowest BCUT2D eigenvalue weighted by Crippen LogP contribution is -2.08. The van der Waals surface area contributed by atoms with Crippen LogP contribution in [0, 0.1) is 12.7 Å². The van der Waals surface area contributed by atoms with E-state index in [1.54, 1.807) is 0 Å². The molecule has 1 N–H and O–H groups in total. The van der Waals surface area contributed by atoms with Crippen LogP contribution in [0.3, 0.4) is 0 Å². The molecular formula is C12H9F3N2O2. The quantitative estimate of drug-likeness (QED) is 0.932. The minimum Gasteiger partial charge on any atom is -0.478 e. The first-order chi connectivity index (χ1) is 8.91. The lowest BCUT2D eigenvalue weighted by Gasteiger charge is -2.10. The van der Waals surface area contributed by atoms with Crippen molar-refractivity contribution >= 4 is 5.97 Å². The van der Waals surface area contributed by atoms with Gasteiger partial charge in [-0.05, 0) is 30.7 Å². The second-order valence-electron chi connectivity index (χ2n) is 3.89. The minimum absolute atomic E-state index is 0.212. The Labute approximate surface area is 106 Å². The number of nitrogens with zero attached hydrogens (tertiary/aromatic N) is 2. The Morgan fingerprint density at radius 2 is 2.11 bits per heavy atom. The number of carboxylic acids is 1. The Balaban J connectivity index is 2.65. The van der Waals surface area contributed by atoms with Gasteiger partial charge in [-0.15, -0.1) is 0 Å². The average molecular weight is 270 g/mol. The maximum atomic E-state index is 13.0. The molecule has 100 valence electrons. The molecule has 1 aromatic carbocycles. The summed E-state index contributed by atoms with van der Waals surface area (Å²) >= 11 is 0. The van der Waals surface area contributed by atoms with Gasteiger partial charge in [0.25, 0.3) is 6.43 Å². The molecule has 1 heterocycles. The van der Waals surface area contributed by atoms with E-state index in [1.807, 2.05) is 0 Å². The first-order valence-corrected chi connectivity index (χ1v) is 5.27. The summed E-state index contributed by atoms with van der Waals surface area (Å²) in [6.07, 6.45) is -2.15. The minimum atomic E-state index is -3.00. The molecule has 0 saturated heterocycles. The summed E-state index contributed by atoms with van der Waals surface area (Å²) < 4.78 is 39.8. The van der Waals surface area contributed by atoms with Gasteiger partial charge in [-0.3, -0.25) is 0 Å². The molecule has 0 spiro atoms. The first-order valence-electron chi connectivity index (χ1n) is 5.27. The summed E-state index contributed by atoms with van der Waals surface area (Å²) in [6, 6.07) is 3.53. The van der Waals surface area contributed by atoms with Crippen molar-refractivity contribution < 1.29 is 23.1 Å². The number of rotatable bonds is 3. The maximum absolute atomic E-state index is 13.0. The molecule has 0 saturated carbocycles. The van der Waals surface area contributed by atoms with E-state index in [2.05, 4.69) is 5.10 Å². The molecule has 0 unspecified atom stereocenters. The molecule has 19 heavy (non-hydrogen) atoms. The van der Waals surface area contributed by atoms with Crippen LogP contribution < -0.4 is 0 Å². The third kappa shape index (κ3) is 2.31. The van der Waals surface area contributed by atoms with E-state index in [0.29, 0.717) is 5.56 Å². The monoisotopic (exact) mass is 270 g/mol. The average Bonchev–Trinajstić information content (AvgIpc) is 2.73. The Morgan fingerprint density at radius 3 is 2.63 bits per heavy atom. The molecular weight excluding hydrogens is 261 g/mol. The summed E-state index contributed by atoms with van der Waals surface area (Å²) in [5, 5.41) is 12.5. The maximum Gasteiger partial charge on any atom is 0.339 e. The number of carbonyl (C=O) groups is 1. The van der Waals surface area contributed by atoms with Crippen LogP contribution >= 0.6 is 0 Å². The molecule has 0 aliphatic heterocycles. The number of aromatic nitrogens is 2. The zero-order valence-electron chi connectivity index (χ0n) is 9.77. The summed E-state index contributed by atoms with van der Waals surface area (Å²) in [4.78, 5) is 10.9. The standard InChI is InChI=1S/C12H9F3N2O2/c1-6-4-7(13)2-3-9(6)17-10(11(14)15)8(5-16-17)12(18)19/h2-5,11H,1H3,(H,18,19).